The highest BCUT2D eigenvalue weighted by Crippen LogP contribution is 2.26. The Hall–Kier alpha value is -1.82. The third-order valence-electron chi connectivity index (χ3n) is 3.92. The van der Waals surface area contributed by atoms with Crippen LogP contribution in [0.25, 0.3) is 11.5 Å². The van der Waals surface area contributed by atoms with Gasteiger partial charge in [-0.3, -0.25) is 4.79 Å². The molecule has 0 saturated carbocycles. The molecule has 6 heteroatoms. The molecule has 0 bridgehead atoms. The number of aromatic nitrogens is 1. The van der Waals surface area contributed by atoms with Crippen LogP contribution in [0.1, 0.15) is 24.3 Å². The van der Waals surface area contributed by atoms with E-state index in [2.05, 4.69) is 4.98 Å². The second-order valence-electron chi connectivity index (χ2n) is 5.58. The summed E-state index contributed by atoms with van der Waals surface area (Å²) in [4.78, 5) is 18.3. The Morgan fingerprint density at radius 1 is 1.35 bits per heavy atom. The van der Waals surface area contributed by atoms with Crippen molar-refractivity contribution in [2.24, 2.45) is 0 Å². The van der Waals surface area contributed by atoms with Crippen LogP contribution in [0.4, 0.5) is 4.39 Å². The van der Waals surface area contributed by atoms with Gasteiger partial charge in [-0.2, -0.15) is 0 Å². The molecule has 23 heavy (non-hydrogen) atoms. The number of halogens is 1. The van der Waals surface area contributed by atoms with Crippen LogP contribution in [0.2, 0.25) is 0 Å². The zero-order valence-electron chi connectivity index (χ0n) is 13.0. The molecule has 1 fully saturated rings. The molecule has 1 aliphatic heterocycles. The van der Waals surface area contributed by atoms with Gasteiger partial charge in [-0.25, -0.2) is 9.37 Å². The van der Waals surface area contributed by atoms with E-state index in [0.29, 0.717) is 28.7 Å². The zero-order valence-corrected chi connectivity index (χ0v) is 13.9. The minimum Gasteiger partial charge on any atom is -0.441 e. The number of carbonyl (C=O) groups is 1. The second-order valence-corrected chi connectivity index (χ2v) is 6.57. The maximum atomic E-state index is 13.8. The summed E-state index contributed by atoms with van der Waals surface area (Å²) in [7, 11) is 0. The standard InChI is InChI=1S/C17H19FN2O2S/c1-12-15(10-23-11-16(21)20-8-4-5-9-20)19-17(22-12)13-6-2-3-7-14(13)18/h2-3,6-7H,4-5,8-11H2,1H3. The van der Waals surface area contributed by atoms with Crippen molar-refractivity contribution in [3.63, 3.8) is 0 Å². The van der Waals surface area contributed by atoms with E-state index in [1.54, 1.807) is 18.2 Å². The van der Waals surface area contributed by atoms with E-state index in [9.17, 15) is 9.18 Å². The minimum absolute atomic E-state index is 0.183. The van der Waals surface area contributed by atoms with Crippen LogP contribution in [-0.4, -0.2) is 34.6 Å². The van der Waals surface area contributed by atoms with Crippen LogP contribution in [0, 0.1) is 12.7 Å². The molecule has 0 radical (unpaired) electrons. The van der Waals surface area contributed by atoms with Crippen LogP contribution in [-0.2, 0) is 10.5 Å². The third kappa shape index (κ3) is 3.75. The number of oxazole rings is 1. The Balaban J connectivity index is 1.61. The van der Waals surface area contributed by atoms with Gasteiger partial charge in [0.1, 0.15) is 11.6 Å². The van der Waals surface area contributed by atoms with Crippen molar-refractivity contribution >= 4 is 17.7 Å². The van der Waals surface area contributed by atoms with E-state index in [1.165, 1.54) is 17.8 Å². The molecule has 0 aliphatic carbocycles. The molecule has 0 atom stereocenters. The van der Waals surface area contributed by atoms with E-state index in [1.807, 2.05) is 11.8 Å². The molecule has 0 spiro atoms. The molecule has 4 nitrogen and oxygen atoms in total. The summed E-state index contributed by atoms with van der Waals surface area (Å²) in [5, 5.41) is 0. The first-order valence-electron chi connectivity index (χ1n) is 7.72. The first-order chi connectivity index (χ1) is 11.1. The Morgan fingerprint density at radius 2 is 2.09 bits per heavy atom. The summed E-state index contributed by atoms with van der Waals surface area (Å²) < 4.78 is 19.4. The van der Waals surface area contributed by atoms with E-state index in [0.717, 1.165) is 31.6 Å². The molecule has 3 rings (SSSR count). The highest BCUT2D eigenvalue weighted by molar-refractivity contribution is 7.99. The maximum Gasteiger partial charge on any atom is 0.232 e. The fraction of sp³-hybridized carbons (Fsp3) is 0.412. The van der Waals surface area contributed by atoms with Crippen molar-refractivity contribution in [3.05, 3.63) is 41.5 Å². The number of benzene rings is 1. The van der Waals surface area contributed by atoms with Crippen molar-refractivity contribution in [2.45, 2.75) is 25.5 Å². The van der Waals surface area contributed by atoms with Crippen LogP contribution in [0.15, 0.2) is 28.7 Å². The van der Waals surface area contributed by atoms with Crippen molar-refractivity contribution in [1.82, 2.24) is 9.88 Å². The van der Waals surface area contributed by atoms with Crippen molar-refractivity contribution < 1.29 is 13.6 Å². The Bertz CT molecular complexity index is 696. The predicted octanol–water partition coefficient (Wildman–Crippen LogP) is 3.64. The molecule has 1 amide bonds. The van der Waals surface area contributed by atoms with Gasteiger partial charge in [0.05, 0.1) is 17.0 Å². The highest BCUT2D eigenvalue weighted by Gasteiger charge is 2.19. The average Bonchev–Trinajstić information content (AvgIpc) is 3.18. The lowest BCUT2D eigenvalue weighted by atomic mass is 10.2. The first-order valence-corrected chi connectivity index (χ1v) is 8.87. The SMILES string of the molecule is Cc1oc(-c2ccccc2F)nc1CSCC(=O)N1CCCC1. The number of hydrogen-bond acceptors (Lipinski definition) is 4. The number of rotatable bonds is 5. The molecule has 0 unspecified atom stereocenters. The number of carbonyl (C=O) groups excluding carboxylic acids is 1. The Morgan fingerprint density at radius 3 is 2.83 bits per heavy atom. The average molecular weight is 334 g/mol. The molecular formula is C17H19FN2O2S. The summed E-state index contributed by atoms with van der Waals surface area (Å²) in [5.41, 5.74) is 1.13. The number of aryl methyl sites for hydroxylation is 1. The fourth-order valence-corrected chi connectivity index (χ4v) is 3.53. The topological polar surface area (TPSA) is 46.3 Å². The predicted molar refractivity (Wildman–Crippen MR) is 88.6 cm³/mol. The molecule has 1 saturated heterocycles. The Labute approximate surface area is 139 Å². The molecule has 1 aliphatic rings. The van der Waals surface area contributed by atoms with Gasteiger partial charge in [0.2, 0.25) is 11.8 Å². The number of amides is 1. The smallest absolute Gasteiger partial charge is 0.232 e. The molecule has 2 aromatic rings. The number of thioether (sulfide) groups is 1. The molecular weight excluding hydrogens is 315 g/mol. The second kappa shape index (κ2) is 7.17. The monoisotopic (exact) mass is 334 g/mol. The van der Waals surface area contributed by atoms with Crippen LogP contribution in [0.5, 0.6) is 0 Å². The van der Waals surface area contributed by atoms with Gasteiger partial charge in [-0.15, -0.1) is 11.8 Å². The largest absolute Gasteiger partial charge is 0.441 e. The van der Waals surface area contributed by atoms with E-state index in [4.69, 9.17) is 4.42 Å². The molecule has 122 valence electrons. The lowest BCUT2D eigenvalue weighted by Crippen LogP contribution is -2.29. The normalized spacial score (nSPS) is 14.4. The quantitative estimate of drug-likeness (QED) is 0.837. The van der Waals surface area contributed by atoms with Gasteiger partial charge < -0.3 is 9.32 Å². The van der Waals surface area contributed by atoms with Gasteiger partial charge in [0.25, 0.3) is 0 Å². The van der Waals surface area contributed by atoms with E-state index >= 15 is 0 Å². The molecule has 1 aromatic carbocycles. The lowest BCUT2D eigenvalue weighted by molar-refractivity contribution is -0.127. The zero-order chi connectivity index (χ0) is 16.2. The van der Waals surface area contributed by atoms with Gasteiger partial charge in [-0.05, 0) is 31.9 Å². The van der Waals surface area contributed by atoms with Gasteiger partial charge in [0.15, 0.2) is 0 Å². The summed E-state index contributed by atoms with van der Waals surface area (Å²) in [6.07, 6.45) is 2.20. The van der Waals surface area contributed by atoms with Crippen molar-refractivity contribution in [2.75, 3.05) is 18.8 Å². The van der Waals surface area contributed by atoms with Gasteiger partial charge in [0, 0.05) is 18.8 Å². The highest BCUT2D eigenvalue weighted by atomic mass is 32.2. The Kier molecular flexibility index (Phi) is 5.00. The summed E-state index contributed by atoms with van der Waals surface area (Å²) in [5.74, 6) is 1.83. The van der Waals surface area contributed by atoms with Crippen LogP contribution in [0.3, 0.4) is 0 Å². The summed E-state index contributed by atoms with van der Waals surface area (Å²) in [6.45, 7) is 3.56. The van der Waals surface area contributed by atoms with Crippen LogP contribution >= 0.6 is 11.8 Å². The maximum absolute atomic E-state index is 13.8. The molecule has 1 aromatic heterocycles. The van der Waals surface area contributed by atoms with Gasteiger partial charge in [-0.1, -0.05) is 12.1 Å². The lowest BCUT2D eigenvalue weighted by Gasteiger charge is -2.14. The first kappa shape index (κ1) is 16.1. The van der Waals surface area contributed by atoms with Crippen molar-refractivity contribution in [1.29, 1.82) is 0 Å². The van der Waals surface area contributed by atoms with Crippen LogP contribution < -0.4 is 0 Å². The van der Waals surface area contributed by atoms with E-state index in [-0.39, 0.29) is 11.7 Å². The number of hydrogen-bond donors (Lipinski definition) is 0. The minimum atomic E-state index is -0.350. The summed E-state index contributed by atoms with van der Waals surface area (Å²) in [6, 6.07) is 6.42. The molecule has 0 N–H and O–H groups in total. The number of likely N-dealkylation sites (tertiary alicyclic amines) is 1. The van der Waals surface area contributed by atoms with E-state index < -0.39 is 0 Å². The van der Waals surface area contributed by atoms with Crippen molar-refractivity contribution in [3.8, 4) is 11.5 Å². The summed E-state index contributed by atoms with van der Waals surface area (Å²) >= 11 is 1.52. The van der Waals surface area contributed by atoms with Gasteiger partial charge >= 0.3 is 0 Å². The third-order valence-corrected chi connectivity index (χ3v) is 4.85. The molecule has 2 heterocycles. The fourth-order valence-electron chi connectivity index (χ4n) is 2.60. The number of nitrogens with zero attached hydrogens (tertiary/aromatic N) is 2.